The van der Waals surface area contributed by atoms with Gasteiger partial charge in [-0.1, -0.05) is 269 Å². The fourth-order valence-electron chi connectivity index (χ4n) is 9.43. The second-order valence-electron chi connectivity index (χ2n) is 21.0. The van der Waals surface area contributed by atoms with Crippen molar-refractivity contribution in [2.24, 2.45) is 0 Å². The summed E-state index contributed by atoms with van der Waals surface area (Å²) in [5.41, 5.74) is 0. The van der Waals surface area contributed by atoms with Crippen LogP contribution in [0.2, 0.25) is 0 Å². The van der Waals surface area contributed by atoms with E-state index in [-0.39, 0.29) is 18.5 Å². The minimum absolute atomic E-state index is 0.00410. The first-order chi connectivity index (χ1) is 34.0. The standard InChI is InChI=1S/C63H119NO5/c1-3-5-7-9-11-13-15-16-17-18-27-30-33-37-41-45-49-53-57-63(68)69-58-54-50-46-42-38-34-31-28-25-23-21-19-20-22-24-26-29-32-36-40-44-48-52-56-62(67)64-60(59-65)61(66)55-51-47-43-39-35-14-12-10-8-6-4-2/h17-19,21-22,24,60-61,65-66H,3-16,20,23,25-59H2,1-2H3,(H,64,67)/b18-17-,21-19-,24-22-. The molecule has 0 spiro atoms. The van der Waals surface area contributed by atoms with Crippen molar-refractivity contribution >= 4 is 11.9 Å². The van der Waals surface area contributed by atoms with Crippen LogP contribution in [-0.4, -0.2) is 47.4 Å². The van der Waals surface area contributed by atoms with Crippen LogP contribution in [0.5, 0.6) is 0 Å². The third-order valence-electron chi connectivity index (χ3n) is 14.2. The molecular weight excluding hydrogens is 851 g/mol. The lowest BCUT2D eigenvalue weighted by atomic mass is 10.0. The lowest BCUT2D eigenvalue weighted by molar-refractivity contribution is -0.143. The normalized spacial score (nSPS) is 12.8. The van der Waals surface area contributed by atoms with Crippen molar-refractivity contribution in [1.29, 1.82) is 0 Å². The van der Waals surface area contributed by atoms with Crippen LogP contribution in [0.25, 0.3) is 0 Å². The van der Waals surface area contributed by atoms with Crippen molar-refractivity contribution in [1.82, 2.24) is 5.32 Å². The van der Waals surface area contributed by atoms with Crippen LogP contribution in [-0.2, 0) is 14.3 Å². The van der Waals surface area contributed by atoms with Crippen LogP contribution >= 0.6 is 0 Å². The van der Waals surface area contributed by atoms with Gasteiger partial charge in [0.1, 0.15) is 0 Å². The summed E-state index contributed by atoms with van der Waals surface area (Å²) in [5, 5.41) is 23.2. The zero-order valence-corrected chi connectivity index (χ0v) is 46.3. The molecule has 3 N–H and O–H groups in total. The number of allylic oxidation sites excluding steroid dienone is 6. The molecule has 0 aliphatic carbocycles. The molecule has 2 atom stereocenters. The van der Waals surface area contributed by atoms with Crippen molar-refractivity contribution in [2.45, 2.75) is 341 Å². The second-order valence-corrected chi connectivity index (χ2v) is 21.0. The molecule has 0 bridgehead atoms. The maximum absolute atomic E-state index is 12.4. The number of hydrogen-bond acceptors (Lipinski definition) is 5. The molecule has 0 heterocycles. The van der Waals surface area contributed by atoms with Crippen molar-refractivity contribution in [3.63, 3.8) is 0 Å². The Morgan fingerprint density at radius 1 is 0.406 bits per heavy atom. The van der Waals surface area contributed by atoms with Crippen LogP contribution in [0.4, 0.5) is 0 Å². The number of amides is 1. The second kappa shape index (κ2) is 58.6. The van der Waals surface area contributed by atoms with Gasteiger partial charge < -0.3 is 20.3 Å². The van der Waals surface area contributed by atoms with E-state index in [1.807, 2.05) is 0 Å². The molecule has 0 radical (unpaired) electrons. The summed E-state index contributed by atoms with van der Waals surface area (Å²) in [6.07, 6.45) is 73.0. The van der Waals surface area contributed by atoms with Gasteiger partial charge in [0.05, 0.1) is 25.4 Å². The van der Waals surface area contributed by atoms with Gasteiger partial charge in [-0.25, -0.2) is 0 Å². The number of aliphatic hydroxyl groups excluding tert-OH is 2. The van der Waals surface area contributed by atoms with Gasteiger partial charge in [-0.3, -0.25) is 9.59 Å². The largest absolute Gasteiger partial charge is 0.466 e. The van der Waals surface area contributed by atoms with Gasteiger partial charge in [0.2, 0.25) is 5.91 Å². The number of rotatable bonds is 57. The molecule has 0 aromatic heterocycles. The minimum Gasteiger partial charge on any atom is -0.466 e. The molecular formula is C63H119NO5. The third kappa shape index (κ3) is 55.2. The monoisotopic (exact) mass is 970 g/mol. The van der Waals surface area contributed by atoms with Crippen LogP contribution in [0.3, 0.4) is 0 Å². The average Bonchev–Trinajstić information content (AvgIpc) is 3.35. The number of carbonyl (C=O) groups is 2. The lowest BCUT2D eigenvalue weighted by Gasteiger charge is -2.22. The van der Waals surface area contributed by atoms with E-state index in [9.17, 15) is 19.8 Å². The van der Waals surface area contributed by atoms with Gasteiger partial charge in [0.15, 0.2) is 0 Å². The summed E-state index contributed by atoms with van der Waals surface area (Å²) < 4.78 is 5.49. The van der Waals surface area contributed by atoms with Crippen LogP contribution in [0.15, 0.2) is 36.5 Å². The number of ether oxygens (including phenoxy) is 1. The van der Waals surface area contributed by atoms with E-state index in [0.29, 0.717) is 25.9 Å². The Hall–Kier alpha value is -1.92. The molecule has 0 aromatic rings. The zero-order valence-electron chi connectivity index (χ0n) is 46.3. The van der Waals surface area contributed by atoms with Gasteiger partial charge in [-0.15, -0.1) is 0 Å². The van der Waals surface area contributed by atoms with E-state index in [1.165, 1.54) is 238 Å². The Labute approximate surface area is 430 Å². The minimum atomic E-state index is -0.670. The molecule has 6 nitrogen and oxygen atoms in total. The lowest BCUT2D eigenvalue weighted by Crippen LogP contribution is -2.45. The third-order valence-corrected chi connectivity index (χ3v) is 14.2. The molecule has 0 aromatic carbocycles. The highest BCUT2D eigenvalue weighted by molar-refractivity contribution is 5.76. The van der Waals surface area contributed by atoms with Crippen molar-refractivity contribution in [3.05, 3.63) is 36.5 Å². The van der Waals surface area contributed by atoms with Crippen LogP contribution < -0.4 is 5.32 Å². The Kier molecular flexibility index (Phi) is 57.0. The number of esters is 1. The van der Waals surface area contributed by atoms with Gasteiger partial charge >= 0.3 is 5.97 Å². The maximum Gasteiger partial charge on any atom is 0.305 e. The fourth-order valence-corrected chi connectivity index (χ4v) is 9.43. The molecule has 0 fully saturated rings. The quantitative estimate of drug-likeness (QED) is 0.0321. The Bertz CT molecular complexity index is 1120. The first-order valence-corrected chi connectivity index (χ1v) is 30.7. The van der Waals surface area contributed by atoms with Gasteiger partial charge in [-0.2, -0.15) is 0 Å². The smallest absolute Gasteiger partial charge is 0.305 e. The summed E-state index contributed by atoms with van der Waals surface area (Å²) in [7, 11) is 0. The van der Waals surface area contributed by atoms with Gasteiger partial charge in [0.25, 0.3) is 0 Å². The highest BCUT2D eigenvalue weighted by Crippen LogP contribution is 2.17. The average molecular weight is 971 g/mol. The molecule has 6 heteroatoms. The SMILES string of the molecule is CCCCCCCCC/C=C\CCCCCCCCCC(=O)OCCCCCCCCCCC/C=C\C/C=C\CCCCCCCCCC(=O)NC(CO)C(O)CCCCCCCCCCCCC. The van der Waals surface area contributed by atoms with E-state index in [4.69, 9.17) is 4.74 Å². The highest BCUT2D eigenvalue weighted by atomic mass is 16.5. The van der Waals surface area contributed by atoms with E-state index in [0.717, 1.165) is 57.8 Å². The highest BCUT2D eigenvalue weighted by Gasteiger charge is 2.20. The summed E-state index contributed by atoms with van der Waals surface area (Å²) in [6, 6.07) is -0.548. The van der Waals surface area contributed by atoms with Crippen molar-refractivity contribution < 1.29 is 24.5 Å². The van der Waals surface area contributed by atoms with E-state index in [1.54, 1.807) is 0 Å². The van der Waals surface area contributed by atoms with E-state index in [2.05, 4.69) is 55.6 Å². The summed E-state index contributed by atoms with van der Waals surface area (Å²) in [6.45, 7) is 4.94. The zero-order chi connectivity index (χ0) is 50.0. The number of hydrogen-bond donors (Lipinski definition) is 3. The predicted octanol–water partition coefficient (Wildman–Crippen LogP) is 19.2. The molecule has 2 unspecified atom stereocenters. The van der Waals surface area contributed by atoms with E-state index < -0.39 is 12.1 Å². The Morgan fingerprint density at radius 3 is 1.12 bits per heavy atom. The van der Waals surface area contributed by atoms with Crippen LogP contribution in [0.1, 0.15) is 328 Å². The molecule has 0 saturated heterocycles. The molecule has 1 amide bonds. The van der Waals surface area contributed by atoms with E-state index >= 15 is 0 Å². The fraction of sp³-hybridized carbons (Fsp3) is 0.873. The summed E-state index contributed by atoms with van der Waals surface area (Å²) in [4.78, 5) is 24.5. The summed E-state index contributed by atoms with van der Waals surface area (Å²) in [5.74, 6) is -0.0422. The van der Waals surface area contributed by atoms with Gasteiger partial charge in [0, 0.05) is 12.8 Å². The number of unbranched alkanes of at least 4 members (excludes halogenated alkanes) is 40. The van der Waals surface area contributed by atoms with Crippen LogP contribution in [0, 0.1) is 0 Å². The Balaban J connectivity index is 3.42. The van der Waals surface area contributed by atoms with Crippen molar-refractivity contribution in [3.8, 4) is 0 Å². The number of nitrogens with one attached hydrogen (secondary N) is 1. The molecule has 0 aliphatic heterocycles. The maximum atomic E-state index is 12.4. The topological polar surface area (TPSA) is 95.9 Å². The predicted molar refractivity (Wildman–Crippen MR) is 301 cm³/mol. The molecule has 0 saturated carbocycles. The first kappa shape index (κ1) is 67.1. The molecule has 0 rings (SSSR count). The Morgan fingerprint density at radius 2 is 0.725 bits per heavy atom. The molecule has 69 heavy (non-hydrogen) atoms. The first-order valence-electron chi connectivity index (χ1n) is 30.7. The molecule has 0 aliphatic rings. The molecule has 406 valence electrons. The van der Waals surface area contributed by atoms with Gasteiger partial charge in [-0.05, 0) is 83.5 Å². The number of carbonyl (C=O) groups excluding carboxylic acids is 2. The number of aliphatic hydroxyl groups is 2. The van der Waals surface area contributed by atoms with Crippen molar-refractivity contribution in [2.75, 3.05) is 13.2 Å². The summed E-state index contributed by atoms with van der Waals surface area (Å²) >= 11 is 0.